The maximum atomic E-state index is 13.5. The first-order valence-corrected chi connectivity index (χ1v) is 12.1. The van der Waals surface area contributed by atoms with Gasteiger partial charge in [-0.2, -0.15) is 0 Å². The van der Waals surface area contributed by atoms with Crippen molar-refractivity contribution in [1.29, 1.82) is 0 Å². The third-order valence-electron chi connectivity index (χ3n) is 5.80. The first kappa shape index (κ1) is 24.1. The van der Waals surface area contributed by atoms with E-state index in [1.54, 1.807) is 61.8 Å². The number of hydrogen-bond donors (Lipinski definition) is 1. The number of nitrogens with one attached hydrogen (secondary N) is 1. The smallest absolute Gasteiger partial charge is 0.253 e. The van der Waals surface area contributed by atoms with Crippen LogP contribution in [0.15, 0.2) is 60.7 Å². The van der Waals surface area contributed by atoms with Crippen molar-refractivity contribution in [1.82, 2.24) is 14.7 Å². The van der Waals surface area contributed by atoms with Crippen LogP contribution in [0.3, 0.4) is 0 Å². The summed E-state index contributed by atoms with van der Waals surface area (Å²) in [6.45, 7) is 4.63. The number of thiophene rings is 1. The molecule has 6 nitrogen and oxygen atoms in total. The molecule has 178 valence electrons. The summed E-state index contributed by atoms with van der Waals surface area (Å²) in [5.41, 5.74) is 2.18. The van der Waals surface area contributed by atoms with Crippen molar-refractivity contribution in [3.63, 3.8) is 0 Å². The van der Waals surface area contributed by atoms with Crippen LogP contribution < -0.4 is 5.32 Å². The highest BCUT2D eigenvalue weighted by atomic mass is 32.1. The lowest BCUT2D eigenvalue weighted by Gasteiger charge is -2.34. The Morgan fingerprint density at radius 1 is 0.971 bits per heavy atom. The Hall–Kier alpha value is -3.07. The molecule has 3 aromatic rings. The quantitative estimate of drug-likeness (QED) is 0.555. The lowest BCUT2D eigenvalue weighted by atomic mass is 10.2. The van der Waals surface area contributed by atoms with Gasteiger partial charge in [0.25, 0.3) is 5.91 Å². The first-order valence-electron chi connectivity index (χ1n) is 11.3. The zero-order valence-electron chi connectivity index (χ0n) is 19.5. The molecule has 2 heterocycles. The molecule has 0 saturated carbocycles. The molecule has 34 heavy (non-hydrogen) atoms. The van der Waals surface area contributed by atoms with Gasteiger partial charge in [0.05, 0.1) is 6.54 Å². The summed E-state index contributed by atoms with van der Waals surface area (Å²) in [7, 11) is 3.42. The Kier molecular flexibility index (Phi) is 7.72. The molecular formula is C26H29FN4O2S. The molecule has 1 saturated heterocycles. The first-order chi connectivity index (χ1) is 16.4. The molecule has 2 amide bonds. The van der Waals surface area contributed by atoms with Gasteiger partial charge in [0.15, 0.2) is 0 Å². The number of carbonyl (C=O) groups is 2. The van der Waals surface area contributed by atoms with Gasteiger partial charge in [-0.3, -0.25) is 19.4 Å². The van der Waals surface area contributed by atoms with Crippen LogP contribution in [0.5, 0.6) is 0 Å². The van der Waals surface area contributed by atoms with Crippen LogP contribution in [-0.4, -0.2) is 73.3 Å². The van der Waals surface area contributed by atoms with Gasteiger partial charge in [0.2, 0.25) is 5.91 Å². The maximum Gasteiger partial charge on any atom is 0.253 e. The summed E-state index contributed by atoms with van der Waals surface area (Å²) in [5, 5.41) is 2.91. The highest BCUT2D eigenvalue weighted by molar-refractivity contribution is 7.15. The van der Waals surface area contributed by atoms with E-state index in [0.717, 1.165) is 43.2 Å². The van der Waals surface area contributed by atoms with Crippen LogP contribution in [-0.2, 0) is 11.3 Å². The lowest BCUT2D eigenvalue weighted by Crippen LogP contribution is -2.48. The van der Waals surface area contributed by atoms with Crippen LogP contribution in [0.1, 0.15) is 15.2 Å². The van der Waals surface area contributed by atoms with E-state index < -0.39 is 0 Å². The Bertz CT molecular complexity index is 1140. The lowest BCUT2D eigenvalue weighted by molar-refractivity contribution is -0.117. The zero-order valence-corrected chi connectivity index (χ0v) is 20.3. The number of benzene rings is 2. The molecule has 0 spiro atoms. The highest BCUT2D eigenvalue weighted by Crippen LogP contribution is 2.29. The zero-order chi connectivity index (χ0) is 24.1. The summed E-state index contributed by atoms with van der Waals surface area (Å²) in [6.07, 6.45) is 0. The average Bonchev–Trinajstić information content (AvgIpc) is 3.29. The van der Waals surface area contributed by atoms with Crippen molar-refractivity contribution in [3.8, 4) is 10.4 Å². The Morgan fingerprint density at radius 3 is 2.35 bits per heavy atom. The van der Waals surface area contributed by atoms with Crippen molar-refractivity contribution in [3.05, 3.63) is 76.9 Å². The summed E-state index contributed by atoms with van der Waals surface area (Å²) in [6, 6.07) is 17.8. The SMILES string of the molecule is CN(C)C(=O)c1ccc(NC(=O)CN2CCN(Cc3ccc(-c4cccc(F)c4)s3)CC2)cc1. The summed E-state index contributed by atoms with van der Waals surface area (Å²) >= 11 is 1.70. The molecule has 0 radical (unpaired) electrons. The fourth-order valence-corrected chi connectivity index (χ4v) is 4.99. The Morgan fingerprint density at radius 2 is 1.68 bits per heavy atom. The normalized spacial score (nSPS) is 14.7. The van der Waals surface area contributed by atoms with Gasteiger partial charge in [-0.25, -0.2) is 4.39 Å². The fraction of sp³-hybridized carbons (Fsp3) is 0.308. The van der Waals surface area contributed by atoms with Gasteiger partial charge in [0.1, 0.15) is 5.82 Å². The number of halogens is 1. The van der Waals surface area contributed by atoms with Crippen LogP contribution in [0.2, 0.25) is 0 Å². The van der Waals surface area contributed by atoms with E-state index >= 15 is 0 Å². The number of hydrogen-bond acceptors (Lipinski definition) is 5. The van der Waals surface area contributed by atoms with Crippen LogP contribution >= 0.6 is 11.3 Å². The number of carbonyl (C=O) groups excluding carboxylic acids is 2. The molecule has 0 aliphatic carbocycles. The predicted molar refractivity (Wildman–Crippen MR) is 135 cm³/mol. The van der Waals surface area contributed by atoms with Gasteiger partial charge in [-0.05, 0) is 54.1 Å². The second-order valence-corrected chi connectivity index (χ2v) is 9.82. The molecule has 1 aliphatic rings. The van der Waals surface area contributed by atoms with Crippen LogP contribution in [0, 0.1) is 5.82 Å². The number of piperazine rings is 1. The molecule has 4 rings (SSSR count). The predicted octanol–water partition coefficient (Wildman–Crippen LogP) is 4.01. The molecule has 0 bridgehead atoms. The molecular weight excluding hydrogens is 451 g/mol. The van der Waals surface area contributed by atoms with E-state index in [9.17, 15) is 14.0 Å². The molecule has 1 fully saturated rings. The third kappa shape index (κ3) is 6.28. The van der Waals surface area contributed by atoms with Crippen LogP contribution in [0.4, 0.5) is 10.1 Å². The number of amides is 2. The molecule has 8 heteroatoms. The third-order valence-corrected chi connectivity index (χ3v) is 6.92. The van der Waals surface area contributed by atoms with E-state index in [2.05, 4.69) is 27.2 Å². The van der Waals surface area contributed by atoms with E-state index in [1.807, 2.05) is 6.07 Å². The molecule has 1 N–H and O–H groups in total. The van der Waals surface area contributed by atoms with Gasteiger partial charge < -0.3 is 10.2 Å². The molecule has 1 aliphatic heterocycles. The number of anilines is 1. The van der Waals surface area contributed by atoms with Crippen molar-refractivity contribution >= 4 is 28.8 Å². The molecule has 0 unspecified atom stereocenters. The van der Waals surface area contributed by atoms with E-state index in [4.69, 9.17) is 0 Å². The second kappa shape index (κ2) is 10.9. The average molecular weight is 481 g/mol. The van der Waals surface area contributed by atoms with E-state index in [-0.39, 0.29) is 17.6 Å². The van der Waals surface area contributed by atoms with Crippen molar-refractivity contribution in [2.75, 3.05) is 52.1 Å². The van der Waals surface area contributed by atoms with Gasteiger partial charge in [0, 0.05) is 67.8 Å². The van der Waals surface area contributed by atoms with Gasteiger partial charge >= 0.3 is 0 Å². The largest absolute Gasteiger partial charge is 0.345 e. The highest BCUT2D eigenvalue weighted by Gasteiger charge is 2.20. The number of nitrogens with zero attached hydrogens (tertiary/aromatic N) is 3. The monoisotopic (exact) mass is 480 g/mol. The van der Waals surface area contributed by atoms with Crippen molar-refractivity contribution in [2.24, 2.45) is 0 Å². The van der Waals surface area contributed by atoms with Crippen LogP contribution in [0.25, 0.3) is 10.4 Å². The molecule has 0 atom stereocenters. The summed E-state index contributed by atoms with van der Waals surface area (Å²) < 4.78 is 13.5. The van der Waals surface area contributed by atoms with Gasteiger partial charge in [-0.15, -0.1) is 11.3 Å². The fourth-order valence-electron chi connectivity index (χ4n) is 3.94. The van der Waals surface area contributed by atoms with Crippen molar-refractivity contribution < 1.29 is 14.0 Å². The van der Waals surface area contributed by atoms with Crippen molar-refractivity contribution in [2.45, 2.75) is 6.54 Å². The Balaban J connectivity index is 1.22. The topological polar surface area (TPSA) is 55.9 Å². The number of rotatable bonds is 7. The minimum absolute atomic E-state index is 0.0573. The summed E-state index contributed by atoms with van der Waals surface area (Å²) in [5.74, 6) is -0.342. The molecule has 1 aromatic heterocycles. The van der Waals surface area contributed by atoms with Gasteiger partial charge in [-0.1, -0.05) is 12.1 Å². The summed E-state index contributed by atoms with van der Waals surface area (Å²) in [4.78, 5) is 32.8. The second-order valence-electron chi connectivity index (χ2n) is 8.65. The standard InChI is InChI=1S/C26H29FN4O2S/c1-29(2)26(33)19-6-8-22(9-7-19)28-25(32)18-31-14-12-30(13-15-31)17-23-10-11-24(34-23)20-4-3-5-21(27)16-20/h3-11,16H,12-15,17-18H2,1-2H3,(H,28,32). The van der Waals surface area contributed by atoms with E-state index in [1.165, 1.54) is 15.8 Å². The minimum Gasteiger partial charge on any atom is -0.345 e. The molecule has 2 aromatic carbocycles. The minimum atomic E-state index is -0.218. The Labute approximate surface area is 203 Å². The maximum absolute atomic E-state index is 13.5. The van der Waals surface area contributed by atoms with E-state index in [0.29, 0.717) is 17.8 Å².